The van der Waals surface area contributed by atoms with Crippen LogP contribution in [0, 0.1) is 6.92 Å². The smallest absolute Gasteiger partial charge is 0.236 e. The van der Waals surface area contributed by atoms with Crippen molar-refractivity contribution < 1.29 is 13.2 Å². The molecule has 9 heteroatoms. The Morgan fingerprint density at radius 1 is 1.03 bits per heavy atom. The molecule has 150 valence electrons. The molecule has 2 aromatic carbocycles. The second kappa shape index (κ2) is 7.81. The molecule has 29 heavy (non-hydrogen) atoms. The molecule has 0 unspecified atom stereocenters. The van der Waals surface area contributed by atoms with E-state index in [-0.39, 0.29) is 0 Å². The summed E-state index contributed by atoms with van der Waals surface area (Å²) < 4.78 is 33.5. The Balaban J connectivity index is 1.84. The van der Waals surface area contributed by atoms with Gasteiger partial charge in [-0.1, -0.05) is 23.2 Å². The summed E-state index contributed by atoms with van der Waals surface area (Å²) in [5.41, 5.74) is 0.708. The van der Waals surface area contributed by atoms with Gasteiger partial charge < -0.3 is 4.74 Å². The molecule has 0 bridgehead atoms. The molecular weight excluding hydrogens is 469 g/mol. The fourth-order valence-corrected chi connectivity index (χ4v) is 6.06. The number of benzene rings is 2. The largest absolute Gasteiger partial charge is 0.447 e. The Morgan fingerprint density at radius 2 is 1.83 bits per heavy atom. The lowest BCUT2D eigenvalue weighted by atomic mass is 10.2. The van der Waals surface area contributed by atoms with Gasteiger partial charge in [0.25, 0.3) is 0 Å². The summed E-state index contributed by atoms with van der Waals surface area (Å²) in [6.45, 7) is 1.98. The van der Waals surface area contributed by atoms with Crippen molar-refractivity contribution in [2.45, 2.75) is 6.92 Å². The van der Waals surface area contributed by atoms with Crippen LogP contribution in [0.1, 0.15) is 4.88 Å². The number of sulfonamides is 1. The predicted molar refractivity (Wildman–Crippen MR) is 124 cm³/mol. The van der Waals surface area contributed by atoms with E-state index in [1.165, 1.54) is 15.6 Å². The standard InChI is InChI=1S/C20H15Cl2NO3S3/c1-12-3-4-20(28-12)26-16-9-14(21)8-15(10-16)23(29(2,24)25)18-7-13-5-6-27-19(13)11-17(18)22/h3-11H,1-2H3. The van der Waals surface area contributed by atoms with Crippen molar-refractivity contribution in [1.29, 1.82) is 0 Å². The Morgan fingerprint density at radius 3 is 2.52 bits per heavy atom. The van der Waals surface area contributed by atoms with Crippen LogP contribution >= 0.6 is 45.9 Å². The molecule has 0 fully saturated rings. The van der Waals surface area contributed by atoms with E-state index < -0.39 is 10.0 Å². The minimum absolute atomic E-state index is 0.335. The topological polar surface area (TPSA) is 46.6 Å². The predicted octanol–water partition coefficient (Wildman–Crippen LogP) is 7.47. The molecule has 0 aliphatic carbocycles. The quantitative estimate of drug-likeness (QED) is 0.295. The van der Waals surface area contributed by atoms with Gasteiger partial charge in [-0.3, -0.25) is 0 Å². The number of halogens is 2. The van der Waals surface area contributed by atoms with Crippen molar-refractivity contribution in [2.75, 3.05) is 10.6 Å². The normalized spacial score (nSPS) is 11.7. The van der Waals surface area contributed by atoms with Gasteiger partial charge in [-0.15, -0.1) is 22.7 Å². The van der Waals surface area contributed by atoms with Gasteiger partial charge in [-0.05, 0) is 60.2 Å². The molecule has 4 rings (SSSR count). The second-order valence-corrected chi connectivity index (χ2v) is 11.3. The molecule has 4 nitrogen and oxygen atoms in total. The Kier molecular flexibility index (Phi) is 5.52. The van der Waals surface area contributed by atoms with E-state index >= 15 is 0 Å². The lowest BCUT2D eigenvalue weighted by Gasteiger charge is -2.24. The fraction of sp³-hybridized carbons (Fsp3) is 0.100. The van der Waals surface area contributed by atoms with Crippen LogP contribution in [0.15, 0.2) is 53.9 Å². The first-order chi connectivity index (χ1) is 13.7. The molecule has 0 saturated heterocycles. The highest BCUT2D eigenvalue weighted by Gasteiger charge is 2.24. The van der Waals surface area contributed by atoms with Crippen molar-refractivity contribution in [2.24, 2.45) is 0 Å². The van der Waals surface area contributed by atoms with Crippen molar-refractivity contribution in [3.05, 3.63) is 68.8 Å². The lowest BCUT2D eigenvalue weighted by Crippen LogP contribution is -2.25. The molecule has 4 aromatic rings. The van der Waals surface area contributed by atoms with Gasteiger partial charge in [0.15, 0.2) is 5.06 Å². The average Bonchev–Trinajstić information content (AvgIpc) is 3.22. The first-order valence-corrected chi connectivity index (χ1v) is 12.7. The minimum atomic E-state index is -3.71. The number of thiophene rings is 2. The van der Waals surface area contributed by atoms with E-state index in [1.54, 1.807) is 41.7 Å². The van der Waals surface area contributed by atoms with E-state index in [1.807, 2.05) is 30.5 Å². The molecule has 0 spiro atoms. The highest BCUT2D eigenvalue weighted by Crippen LogP contribution is 2.41. The maximum Gasteiger partial charge on any atom is 0.236 e. The lowest BCUT2D eigenvalue weighted by molar-refractivity contribution is 0.497. The molecule has 2 heterocycles. The van der Waals surface area contributed by atoms with Crippen molar-refractivity contribution >= 4 is 77.4 Å². The number of fused-ring (bicyclic) bond motifs is 1. The summed E-state index contributed by atoms with van der Waals surface area (Å²) in [6.07, 6.45) is 1.13. The Labute approximate surface area is 186 Å². The Hall–Kier alpha value is -1.77. The minimum Gasteiger partial charge on any atom is -0.447 e. The molecule has 0 atom stereocenters. The zero-order chi connectivity index (χ0) is 20.8. The molecule has 2 aromatic heterocycles. The first kappa shape index (κ1) is 20.5. The highest BCUT2D eigenvalue weighted by atomic mass is 35.5. The fourth-order valence-electron chi connectivity index (χ4n) is 2.94. The molecule has 0 radical (unpaired) electrons. The van der Waals surface area contributed by atoms with E-state index in [4.69, 9.17) is 27.9 Å². The molecule has 0 aliphatic rings. The second-order valence-electron chi connectivity index (χ2n) is 6.40. The number of nitrogens with zero attached hydrogens (tertiary/aromatic N) is 1. The first-order valence-electron chi connectivity index (χ1n) is 8.43. The van der Waals surface area contributed by atoms with Crippen molar-refractivity contribution in [3.8, 4) is 10.8 Å². The van der Waals surface area contributed by atoms with Gasteiger partial charge in [0.1, 0.15) is 5.75 Å². The van der Waals surface area contributed by atoms with Gasteiger partial charge in [-0.25, -0.2) is 12.7 Å². The van der Waals surface area contributed by atoms with Gasteiger partial charge in [0, 0.05) is 20.7 Å². The number of aryl methyl sites for hydroxylation is 1. The SMILES string of the molecule is Cc1ccc(Oc2cc(Cl)cc(N(c3cc4ccsc4cc3Cl)S(C)(=O)=O)c2)s1. The number of rotatable bonds is 5. The van der Waals surface area contributed by atoms with Gasteiger partial charge >= 0.3 is 0 Å². The molecule has 0 N–H and O–H groups in total. The number of anilines is 2. The van der Waals surface area contributed by atoms with Crippen LogP contribution < -0.4 is 9.04 Å². The summed E-state index contributed by atoms with van der Waals surface area (Å²) in [6, 6.07) is 14.1. The number of hydrogen-bond donors (Lipinski definition) is 0. The summed E-state index contributed by atoms with van der Waals surface area (Å²) >= 11 is 15.8. The van der Waals surface area contributed by atoms with Crippen LogP contribution in [-0.4, -0.2) is 14.7 Å². The molecule has 0 aliphatic heterocycles. The van der Waals surface area contributed by atoms with E-state index in [2.05, 4.69) is 0 Å². The van der Waals surface area contributed by atoms with E-state index in [9.17, 15) is 8.42 Å². The van der Waals surface area contributed by atoms with Crippen LogP contribution in [0.2, 0.25) is 10.0 Å². The maximum atomic E-state index is 12.7. The van der Waals surface area contributed by atoms with Crippen molar-refractivity contribution in [1.82, 2.24) is 0 Å². The zero-order valence-electron chi connectivity index (χ0n) is 15.3. The summed E-state index contributed by atoms with van der Waals surface area (Å²) in [7, 11) is -3.71. The summed E-state index contributed by atoms with van der Waals surface area (Å²) in [4.78, 5) is 1.11. The van der Waals surface area contributed by atoms with Gasteiger partial charge in [-0.2, -0.15) is 0 Å². The summed E-state index contributed by atoms with van der Waals surface area (Å²) in [5, 5.41) is 4.23. The molecule has 0 saturated carbocycles. The average molecular weight is 484 g/mol. The third kappa shape index (κ3) is 4.39. The van der Waals surface area contributed by atoms with Crippen molar-refractivity contribution in [3.63, 3.8) is 0 Å². The van der Waals surface area contributed by atoms with Crippen LogP contribution in [0.25, 0.3) is 10.1 Å². The highest BCUT2D eigenvalue weighted by molar-refractivity contribution is 7.92. The van der Waals surface area contributed by atoms with Gasteiger partial charge in [0.2, 0.25) is 10.0 Å². The molecule has 0 amide bonds. The summed E-state index contributed by atoms with van der Waals surface area (Å²) in [5.74, 6) is 0.440. The third-order valence-corrected chi connectivity index (χ3v) is 7.45. The van der Waals surface area contributed by atoms with Crippen LogP contribution in [0.5, 0.6) is 10.8 Å². The number of hydrogen-bond acceptors (Lipinski definition) is 5. The van der Waals surface area contributed by atoms with E-state index in [0.29, 0.717) is 32.2 Å². The maximum absolute atomic E-state index is 12.7. The van der Waals surface area contributed by atoms with Crippen LogP contribution in [0.4, 0.5) is 11.4 Å². The molecular formula is C20H15Cl2NO3S3. The zero-order valence-corrected chi connectivity index (χ0v) is 19.3. The number of ether oxygens (including phenoxy) is 1. The Bertz CT molecular complexity index is 1310. The van der Waals surface area contributed by atoms with Crippen LogP contribution in [-0.2, 0) is 10.0 Å². The third-order valence-electron chi connectivity index (χ3n) is 4.10. The monoisotopic (exact) mass is 483 g/mol. The van der Waals surface area contributed by atoms with Gasteiger partial charge in [0.05, 0.1) is 22.7 Å². The van der Waals surface area contributed by atoms with E-state index in [0.717, 1.165) is 21.2 Å². The van der Waals surface area contributed by atoms with Crippen LogP contribution in [0.3, 0.4) is 0 Å².